The molecule has 0 bridgehead atoms. The average molecular weight is 416 g/mol. The second kappa shape index (κ2) is 6.78. The molecular formula is C19H19F3N8. The number of halogens is 3. The highest BCUT2D eigenvalue weighted by atomic mass is 19.4. The Morgan fingerprint density at radius 1 is 0.800 bits per heavy atom. The van der Waals surface area contributed by atoms with Gasteiger partial charge in [-0.2, -0.15) is 33.1 Å². The third-order valence-electron chi connectivity index (χ3n) is 4.61. The quantitative estimate of drug-likeness (QED) is 0.511. The van der Waals surface area contributed by atoms with Crippen LogP contribution in [-0.4, -0.2) is 39.3 Å². The predicted molar refractivity (Wildman–Crippen MR) is 103 cm³/mol. The molecule has 0 aliphatic heterocycles. The van der Waals surface area contributed by atoms with Crippen LogP contribution < -0.4 is 0 Å². The van der Waals surface area contributed by atoms with Gasteiger partial charge in [0.25, 0.3) is 5.95 Å². The van der Waals surface area contributed by atoms with Crippen molar-refractivity contribution in [2.45, 2.75) is 26.9 Å². The number of hydrogen-bond acceptors (Lipinski definition) is 5. The molecule has 4 rings (SSSR count). The van der Waals surface area contributed by atoms with E-state index in [0.717, 1.165) is 22.9 Å². The minimum Gasteiger partial charge on any atom is -0.275 e. The Hall–Kier alpha value is -3.50. The van der Waals surface area contributed by atoms with E-state index in [2.05, 4.69) is 25.3 Å². The monoisotopic (exact) mass is 416 g/mol. The van der Waals surface area contributed by atoms with Crippen LogP contribution in [0.2, 0.25) is 0 Å². The summed E-state index contributed by atoms with van der Waals surface area (Å²) in [4.78, 5) is 7.96. The molecule has 0 unspecified atom stereocenters. The van der Waals surface area contributed by atoms with Gasteiger partial charge in [-0.3, -0.25) is 9.36 Å². The minimum atomic E-state index is -4.59. The highest BCUT2D eigenvalue weighted by molar-refractivity contribution is 5.71. The molecule has 0 amide bonds. The zero-order valence-electron chi connectivity index (χ0n) is 17.0. The van der Waals surface area contributed by atoms with Crippen LogP contribution in [0.25, 0.3) is 28.5 Å². The molecule has 0 atom stereocenters. The summed E-state index contributed by atoms with van der Waals surface area (Å²) in [6, 6.07) is 2.70. The summed E-state index contributed by atoms with van der Waals surface area (Å²) < 4.78 is 44.6. The molecule has 0 saturated carbocycles. The average Bonchev–Trinajstić information content (AvgIpc) is 3.30. The van der Waals surface area contributed by atoms with Crippen molar-refractivity contribution in [1.82, 2.24) is 39.3 Å². The zero-order chi connectivity index (χ0) is 21.8. The van der Waals surface area contributed by atoms with Crippen LogP contribution in [0.4, 0.5) is 13.2 Å². The first-order valence-electron chi connectivity index (χ1n) is 9.07. The Kier molecular flexibility index (Phi) is 4.48. The molecule has 30 heavy (non-hydrogen) atoms. The Labute approximate surface area is 170 Å². The van der Waals surface area contributed by atoms with E-state index < -0.39 is 11.9 Å². The van der Waals surface area contributed by atoms with Crippen LogP contribution >= 0.6 is 0 Å². The first kappa shape index (κ1) is 19.8. The van der Waals surface area contributed by atoms with Crippen LogP contribution in [0, 0.1) is 20.8 Å². The number of hydrogen-bond donors (Lipinski definition) is 0. The van der Waals surface area contributed by atoms with E-state index in [1.807, 2.05) is 13.8 Å². The maximum atomic E-state index is 13.3. The second-order valence-electron chi connectivity index (χ2n) is 7.12. The topological polar surface area (TPSA) is 79.2 Å². The minimum absolute atomic E-state index is 0.159. The third-order valence-corrected chi connectivity index (χ3v) is 4.61. The van der Waals surface area contributed by atoms with E-state index in [-0.39, 0.29) is 11.6 Å². The molecule has 0 fully saturated rings. The molecule has 0 N–H and O–H groups in total. The number of rotatable bonds is 3. The Morgan fingerprint density at radius 3 is 1.93 bits per heavy atom. The van der Waals surface area contributed by atoms with Gasteiger partial charge in [0.1, 0.15) is 5.69 Å². The fourth-order valence-corrected chi connectivity index (χ4v) is 3.35. The number of aryl methyl sites for hydroxylation is 5. The molecule has 0 aromatic carbocycles. The van der Waals surface area contributed by atoms with Crippen LogP contribution in [-0.2, 0) is 20.3 Å². The van der Waals surface area contributed by atoms with Crippen molar-refractivity contribution in [3.05, 3.63) is 47.3 Å². The molecule has 156 valence electrons. The molecule has 4 aromatic rings. The predicted octanol–water partition coefficient (Wildman–Crippen LogP) is 3.41. The summed E-state index contributed by atoms with van der Waals surface area (Å²) in [5.74, 6) is -0.159. The molecule has 0 radical (unpaired) electrons. The highest BCUT2D eigenvalue weighted by Crippen LogP contribution is 2.32. The SMILES string of the molecule is Cc1cc(C(F)(F)F)nc(-n2nc(-c3cn(C)nc3C)cc2-c2cn(C)nc2C)n1. The zero-order valence-corrected chi connectivity index (χ0v) is 17.0. The smallest absolute Gasteiger partial charge is 0.275 e. The number of nitrogens with zero attached hydrogens (tertiary/aromatic N) is 8. The third kappa shape index (κ3) is 3.46. The first-order valence-corrected chi connectivity index (χ1v) is 9.07. The van der Waals surface area contributed by atoms with Crippen molar-refractivity contribution in [1.29, 1.82) is 0 Å². The van der Waals surface area contributed by atoms with Gasteiger partial charge in [-0.25, -0.2) is 9.97 Å². The summed E-state index contributed by atoms with van der Waals surface area (Å²) in [7, 11) is 3.56. The fraction of sp³-hybridized carbons (Fsp3) is 0.316. The summed E-state index contributed by atoms with van der Waals surface area (Å²) in [5.41, 5.74) is 3.20. The Morgan fingerprint density at radius 2 is 1.40 bits per heavy atom. The van der Waals surface area contributed by atoms with E-state index in [0.29, 0.717) is 17.1 Å². The van der Waals surface area contributed by atoms with E-state index in [9.17, 15) is 13.2 Å². The summed E-state index contributed by atoms with van der Waals surface area (Å²) >= 11 is 0. The molecule has 11 heteroatoms. The summed E-state index contributed by atoms with van der Waals surface area (Å²) in [5, 5.41) is 13.2. The van der Waals surface area contributed by atoms with Gasteiger partial charge in [-0.05, 0) is 32.9 Å². The van der Waals surface area contributed by atoms with Crippen LogP contribution in [0.3, 0.4) is 0 Å². The van der Waals surface area contributed by atoms with E-state index in [1.54, 1.807) is 41.9 Å². The molecular weight excluding hydrogens is 397 g/mol. The molecule has 0 aliphatic rings. The van der Waals surface area contributed by atoms with Gasteiger partial charge >= 0.3 is 6.18 Å². The molecule has 4 heterocycles. The van der Waals surface area contributed by atoms with E-state index >= 15 is 0 Å². The molecule has 8 nitrogen and oxygen atoms in total. The lowest BCUT2D eigenvalue weighted by Gasteiger charge is -2.10. The van der Waals surface area contributed by atoms with Crippen LogP contribution in [0.15, 0.2) is 24.5 Å². The Balaban J connectivity index is 1.98. The number of alkyl halides is 3. The molecule has 4 aromatic heterocycles. The van der Waals surface area contributed by atoms with Crippen molar-refractivity contribution in [2.24, 2.45) is 14.1 Å². The highest BCUT2D eigenvalue weighted by Gasteiger charge is 2.34. The molecule has 0 saturated heterocycles. The summed E-state index contributed by atoms with van der Waals surface area (Å²) in [6.07, 6.45) is -1.01. The molecule has 0 aliphatic carbocycles. The van der Waals surface area contributed by atoms with E-state index in [4.69, 9.17) is 0 Å². The van der Waals surface area contributed by atoms with Gasteiger partial charge in [0.05, 0.1) is 22.8 Å². The lowest BCUT2D eigenvalue weighted by molar-refractivity contribution is -0.141. The molecule has 0 spiro atoms. The lowest BCUT2D eigenvalue weighted by Crippen LogP contribution is -2.14. The number of aromatic nitrogens is 8. The largest absolute Gasteiger partial charge is 0.433 e. The van der Waals surface area contributed by atoms with Gasteiger partial charge < -0.3 is 0 Å². The van der Waals surface area contributed by atoms with Gasteiger partial charge in [0, 0.05) is 43.3 Å². The summed E-state index contributed by atoms with van der Waals surface area (Å²) in [6.45, 7) is 5.15. The van der Waals surface area contributed by atoms with Crippen LogP contribution in [0.1, 0.15) is 22.8 Å². The second-order valence-corrected chi connectivity index (χ2v) is 7.12. The van der Waals surface area contributed by atoms with Crippen molar-refractivity contribution < 1.29 is 13.2 Å². The van der Waals surface area contributed by atoms with Gasteiger partial charge in [0.15, 0.2) is 0 Å². The maximum Gasteiger partial charge on any atom is 0.433 e. The maximum absolute atomic E-state index is 13.3. The normalized spacial score (nSPS) is 12.0. The van der Waals surface area contributed by atoms with Gasteiger partial charge in [0.2, 0.25) is 0 Å². The van der Waals surface area contributed by atoms with Crippen molar-refractivity contribution in [3.63, 3.8) is 0 Å². The van der Waals surface area contributed by atoms with E-state index in [1.165, 1.54) is 11.6 Å². The first-order chi connectivity index (χ1) is 14.0. The fourth-order valence-electron chi connectivity index (χ4n) is 3.35. The van der Waals surface area contributed by atoms with Gasteiger partial charge in [-0.15, -0.1) is 0 Å². The van der Waals surface area contributed by atoms with Crippen molar-refractivity contribution in [3.8, 4) is 28.5 Å². The standard InChI is InChI=1S/C19H19F3N8/c1-10-6-17(19(20,21)22)24-18(23-10)30-16(14-9-29(5)26-12(14)3)7-15(27-30)13-8-28(4)25-11(13)2/h6-9H,1-5H3. The van der Waals surface area contributed by atoms with Gasteiger partial charge in [-0.1, -0.05) is 0 Å². The van der Waals surface area contributed by atoms with Crippen LogP contribution in [0.5, 0.6) is 0 Å². The van der Waals surface area contributed by atoms with Crippen molar-refractivity contribution in [2.75, 3.05) is 0 Å². The van der Waals surface area contributed by atoms with Crippen molar-refractivity contribution >= 4 is 0 Å². The lowest BCUT2D eigenvalue weighted by atomic mass is 10.1. The Bertz CT molecular complexity index is 1250.